The van der Waals surface area contributed by atoms with E-state index in [4.69, 9.17) is 4.98 Å². The van der Waals surface area contributed by atoms with Crippen LogP contribution in [0.2, 0.25) is 0 Å². The van der Waals surface area contributed by atoms with Gasteiger partial charge >= 0.3 is 0 Å². The van der Waals surface area contributed by atoms with Crippen molar-refractivity contribution >= 4 is 23.2 Å². The van der Waals surface area contributed by atoms with Gasteiger partial charge in [-0.05, 0) is 36.5 Å². The second-order valence-electron chi connectivity index (χ2n) is 10.8. The Morgan fingerprint density at radius 3 is 2.20 bits per heavy atom. The maximum Gasteiger partial charge on any atom is 0.273 e. The normalized spacial score (nSPS) is 24.6. The summed E-state index contributed by atoms with van der Waals surface area (Å²) in [5, 5.41) is 3.00. The number of nitrogens with zero attached hydrogens (tertiary/aromatic N) is 3. The van der Waals surface area contributed by atoms with Crippen LogP contribution < -0.4 is 0 Å². The third kappa shape index (κ3) is 3.69. The van der Waals surface area contributed by atoms with Gasteiger partial charge in [0.2, 0.25) is 5.91 Å². The maximum atomic E-state index is 13.0. The van der Waals surface area contributed by atoms with E-state index in [2.05, 4.69) is 32.6 Å². The first-order valence-corrected chi connectivity index (χ1v) is 12.5. The summed E-state index contributed by atoms with van der Waals surface area (Å²) in [5.74, 6) is 0.893. The van der Waals surface area contributed by atoms with Crippen LogP contribution in [0.1, 0.15) is 94.1 Å². The van der Waals surface area contributed by atoms with Crippen molar-refractivity contribution in [3.8, 4) is 0 Å². The molecule has 166 valence electrons. The molecular weight excluding hydrogens is 394 g/mol. The molecule has 1 saturated heterocycles. The van der Waals surface area contributed by atoms with E-state index in [-0.39, 0.29) is 22.7 Å². The Morgan fingerprint density at radius 2 is 1.63 bits per heavy atom. The highest BCUT2D eigenvalue weighted by Gasteiger charge is 2.68. The number of amides is 2. The quantitative estimate of drug-likeness (QED) is 0.679. The standard InChI is InChI=1S/C24H37N3O2S/c1-23(2)19(24(23,3)4)22(29)27-13-11-16(12-14-27)20-25-18(15-30-20)21(28)26(5)17-9-7-6-8-10-17/h15-17,19H,6-14H2,1-5H3. The minimum absolute atomic E-state index is 0.0650. The van der Waals surface area contributed by atoms with Crippen molar-refractivity contribution < 1.29 is 9.59 Å². The highest BCUT2D eigenvalue weighted by Crippen LogP contribution is 2.68. The van der Waals surface area contributed by atoms with Gasteiger partial charge in [-0.2, -0.15) is 0 Å². The third-order valence-electron chi connectivity index (χ3n) is 8.61. The van der Waals surface area contributed by atoms with Crippen LogP contribution in [0, 0.1) is 16.7 Å². The van der Waals surface area contributed by atoms with Crippen LogP contribution >= 0.6 is 11.3 Å². The van der Waals surface area contributed by atoms with Crippen molar-refractivity contribution in [2.24, 2.45) is 16.7 Å². The van der Waals surface area contributed by atoms with Crippen LogP contribution in [0.5, 0.6) is 0 Å². The van der Waals surface area contributed by atoms with E-state index < -0.39 is 0 Å². The summed E-state index contributed by atoms with van der Waals surface area (Å²) in [6.07, 6.45) is 7.84. The molecule has 3 aliphatic rings. The number of rotatable bonds is 4. The first-order valence-electron chi connectivity index (χ1n) is 11.7. The molecule has 2 aliphatic carbocycles. The Kier molecular flexibility index (Phi) is 5.75. The summed E-state index contributed by atoms with van der Waals surface area (Å²) in [7, 11) is 1.93. The number of likely N-dealkylation sites (tertiary alicyclic amines) is 1. The van der Waals surface area contributed by atoms with Gasteiger partial charge in [-0.1, -0.05) is 47.0 Å². The minimum atomic E-state index is 0.0650. The molecule has 0 radical (unpaired) electrons. The minimum Gasteiger partial charge on any atom is -0.342 e. The molecule has 0 unspecified atom stereocenters. The zero-order chi connectivity index (χ0) is 21.7. The molecule has 2 heterocycles. The highest BCUT2D eigenvalue weighted by atomic mass is 32.1. The van der Waals surface area contributed by atoms with E-state index in [1.165, 1.54) is 19.3 Å². The lowest BCUT2D eigenvalue weighted by atomic mass is 9.94. The number of hydrogen-bond acceptors (Lipinski definition) is 4. The van der Waals surface area contributed by atoms with Gasteiger partial charge in [0.05, 0.1) is 5.01 Å². The third-order valence-corrected chi connectivity index (χ3v) is 9.61. The van der Waals surface area contributed by atoms with Crippen molar-refractivity contribution in [1.29, 1.82) is 0 Å². The molecule has 0 N–H and O–H groups in total. The molecule has 1 aromatic heterocycles. The fourth-order valence-corrected chi connectivity index (χ4v) is 6.70. The molecule has 2 saturated carbocycles. The number of hydrogen-bond donors (Lipinski definition) is 0. The second-order valence-corrected chi connectivity index (χ2v) is 11.6. The predicted molar refractivity (Wildman–Crippen MR) is 121 cm³/mol. The van der Waals surface area contributed by atoms with Crippen molar-refractivity contribution in [2.45, 2.75) is 84.6 Å². The summed E-state index contributed by atoms with van der Waals surface area (Å²) in [6, 6.07) is 0.363. The molecule has 1 aliphatic heterocycles. The average Bonchev–Trinajstić information content (AvgIpc) is 3.08. The molecule has 4 rings (SSSR count). The van der Waals surface area contributed by atoms with E-state index in [9.17, 15) is 9.59 Å². The Balaban J connectivity index is 1.33. The number of thiazole rings is 1. The van der Waals surface area contributed by atoms with Crippen molar-refractivity contribution in [3.05, 3.63) is 16.1 Å². The molecule has 3 fully saturated rings. The summed E-state index contributed by atoms with van der Waals surface area (Å²) >= 11 is 1.61. The first kappa shape index (κ1) is 21.8. The number of carbonyl (C=O) groups is 2. The Hall–Kier alpha value is -1.43. The summed E-state index contributed by atoms with van der Waals surface area (Å²) in [5.41, 5.74) is 0.786. The highest BCUT2D eigenvalue weighted by molar-refractivity contribution is 7.09. The van der Waals surface area contributed by atoms with Gasteiger partial charge in [-0.3, -0.25) is 9.59 Å². The largest absolute Gasteiger partial charge is 0.342 e. The topological polar surface area (TPSA) is 53.5 Å². The zero-order valence-electron chi connectivity index (χ0n) is 19.2. The summed E-state index contributed by atoms with van der Waals surface area (Å²) in [4.78, 5) is 34.6. The van der Waals surface area contributed by atoms with Crippen LogP contribution in [-0.4, -0.2) is 52.8 Å². The molecule has 30 heavy (non-hydrogen) atoms. The van der Waals surface area contributed by atoms with Crippen LogP contribution in [0.25, 0.3) is 0 Å². The van der Waals surface area contributed by atoms with Gasteiger partial charge < -0.3 is 9.80 Å². The number of piperidine rings is 1. The fraction of sp³-hybridized carbons (Fsp3) is 0.792. The lowest BCUT2D eigenvalue weighted by Gasteiger charge is -2.32. The van der Waals surface area contributed by atoms with Crippen molar-refractivity contribution in [3.63, 3.8) is 0 Å². The first-order chi connectivity index (χ1) is 14.1. The second kappa shape index (κ2) is 7.92. The number of aromatic nitrogens is 1. The molecule has 0 aromatic carbocycles. The van der Waals surface area contributed by atoms with E-state index in [0.717, 1.165) is 43.8 Å². The van der Waals surface area contributed by atoms with E-state index in [1.54, 1.807) is 11.3 Å². The summed E-state index contributed by atoms with van der Waals surface area (Å²) in [6.45, 7) is 10.4. The van der Waals surface area contributed by atoms with E-state index in [0.29, 0.717) is 23.6 Å². The van der Waals surface area contributed by atoms with E-state index in [1.807, 2.05) is 17.3 Å². The monoisotopic (exact) mass is 431 g/mol. The van der Waals surface area contributed by atoms with Gasteiger partial charge in [-0.25, -0.2) is 4.98 Å². The molecule has 1 aromatic rings. The van der Waals surface area contributed by atoms with Crippen LogP contribution in [0.3, 0.4) is 0 Å². The van der Waals surface area contributed by atoms with Gasteiger partial charge in [0.15, 0.2) is 0 Å². The van der Waals surface area contributed by atoms with Crippen LogP contribution in [-0.2, 0) is 4.79 Å². The molecule has 2 amide bonds. The fourth-order valence-electron chi connectivity index (χ4n) is 5.73. The van der Waals surface area contributed by atoms with Crippen LogP contribution in [0.15, 0.2) is 5.38 Å². The molecule has 6 heteroatoms. The number of carbonyl (C=O) groups excluding carboxylic acids is 2. The van der Waals surface area contributed by atoms with Crippen molar-refractivity contribution in [2.75, 3.05) is 20.1 Å². The summed E-state index contributed by atoms with van der Waals surface area (Å²) < 4.78 is 0. The van der Waals surface area contributed by atoms with Gasteiger partial charge in [0, 0.05) is 43.4 Å². The molecular formula is C24H37N3O2S. The van der Waals surface area contributed by atoms with Gasteiger partial charge in [-0.15, -0.1) is 11.3 Å². The lowest BCUT2D eigenvalue weighted by molar-refractivity contribution is -0.134. The molecule has 0 atom stereocenters. The zero-order valence-corrected chi connectivity index (χ0v) is 20.1. The predicted octanol–water partition coefficient (Wildman–Crippen LogP) is 4.94. The van der Waals surface area contributed by atoms with Crippen LogP contribution in [0.4, 0.5) is 0 Å². The van der Waals surface area contributed by atoms with Gasteiger partial charge in [0.25, 0.3) is 5.91 Å². The average molecular weight is 432 g/mol. The molecule has 0 spiro atoms. The lowest BCUT2D eigenvalue weighted by Crippen LogP contribution is -2.40. The Bertz CT molecular complexity index is 787. The van der Waals surface area contributed by atoms with Gasteiger partial charge in [0.1, 0.15) is 5.69 Å². The molecule has 0 bridgehead atoms. The maximum absolute atomic E-state index is 13.0. The Labute approximate surface area is 185 Å². The van der Waals surface area contributed by atoms with E-state index >= 15 is 0 Å². The smallest absolute Gasteiger partial charge is 0.273 e. The Morgan fingerprint density at radius 1 is 1.03 bits per heavy atom. The molecule has 5 nitrogen and oxygen atoms in total. The van der Waals surface area contributed by atoms with Crippen molar-refractivity contribution in [1.82, 2.24) is 14.8 Å². The SMILES string of the molecule is CN(C(=O)c1csc(C2CCN(C(=O)C3C(C)(C)C3(C)C)CC2)n1)C1CCCCC1.